The Morgan fingerprint density at radius 2 is 1.62 bits per heavy atom. The van der Waals surface area contributed by atoms with E-state index in [4.69, 9.17) is 14.5 Å². The van der Waals surface area contributed by atoms with Crippen molar-refractivity contribution in [3.63, 3.8) is 0 Å². The Morgan fingerprint density at radius 1 is 0.958 bits per heavy atom. The van der Waals surface area contributed by atoms with Gasteiger partial charge in [0.25, 0.3) is 0 Å². The summed E-state index contributed by atoms with van der Waals surface area (Å²) in [5.41, 5.74) is 2.73. The highest BCUT2D eigenvalue weighted by Crippen LogP contribution is 2.54. The van der Waals surface area contributed by atoms with Gasteiger partial charge in [0.05, 0.1) is 0 Å². The van der Waals surface area contributed by atoms with Crippen molar-refractivity contribution < 1.29 is 28.5 Å². The zero-order chi connectivity index (χ0) is 18.6. The second-order valence-corrected chi connectivity index (χ2v) is 10.8. The molecule has 0 fully saturated rings. The molecular weight excluding hydrogens is 350 g/mol. The average Bonchev–Trinajstić information content (AvgIpc) is 2.38. The van der Waals surface area contributed by atoms with E-state index in [1.54, 1.807) is 0 Å². The van der Waals surface area contributed by atoms with Gasteiger partial charge in [-0.1, -0.05) is 29.7 Å². The van der Waals surface area contributed by atoms with Gasteiger partial charge >= 0.3 is 7.60 Å². The number of allylic oxidation sites excluding steroid dienone is 4. The lowest BCUT2D eigenvalue weighted by atomic mass is 10.1. The Bertz CT molecular complexity index is 503. The van der Waals surface area contributed by atoms with Crippen molar-refractivity contribution in [3.05, 3.63) is 23.3 Å². The summed E-state index contributed by atoms with van der Waals surface area (Å²) in [5, 5.41) is 0. The zero-order valence-electron chi connectivity index (χ0n) is 15.0. The molecule has 0 aliphatic rings. The fraction of sp³-hybridized carbons (Fsp3) is 0.750. The standard InChI is InChI=1S/C16H32O6P2/c1-15(2)9-8-11-16(3)10-6-4-5-7-12-22-13-23(17,18)14-24(19,20)21/h9-10H,4-8,11-14H2,1-3H3,(H,17,18)(H2,19,20,21)/b16-10+. The van der Waals surface area contributed by atoms with Crippen LogP contribution in [0.15, 0.2) is 23.3 Å². The molecule has 3 N–H and O–H groups in total. The normalized spacial score (nSPS) is 15.2. The van der Waals surface area contributed by atoms with E-state index in [1.807, 2.05) is 0 Å². The summed E-state index contributed by atoms with van der Waals surface area (Å²) in [4.78, 5) is 26.8. The van der Waals surface area contributed by atoms with E-state index in [2.05, 4.69) is 32.9 Å². The minimum atomic E-state index is -4.48. The average molecular weight is 382 g/mol. The fourth-order valence-electron chi connectivity index (χ4n) is 2.10. The molecule has 0 aromatic rings. The summed E-state index contributed by atoms with van der Waals surface area (Å²) in [6.07, 6.45) is 9.91. The summed E-state index contributed by atoms with van der Waals surface area (Å²) in [6.45, 7) is 6.67. The van der Waals surface area contributed by atoms with E-state index < -0.39 is 27.2 Å². The maximum atomic E-state index is 11.5. The van der Waals surface area contributed by atoms with Crippen LogP contribution in [0.2, 0.25) is 0 Å². The van der Waals surface area contributed by atoms with Crippen molar-refractivity contribution in [3.8, 4) is 0 Å². The van der Waals surface area contributed by atoms with Crippen molar-refractivity contribution in [1.29, 1.82) is 0 Å². The molecule has 24 heavy (non-hydrogen) atoms. The van der Waals surface area contributed by atoms with Crippen molar-refractivity contribution in [2.75, 3.05) is 18.9 Å². The van der Waals surface area contributed by atoms with Crippen LogP contribution in [0.4, 0.5) is 0 Å². The van der Waals surface area contributed by atoms with Gasteiger partial charge in [-0.2, -0.15) is 0 Å². The molecule has 0 amide bonds. The third-order valence-corrected chi connectivity index (χ3v) is 7.10. The number of unbranched alkanes of at least 4 members (excludes halogenated alkanes) is 3. The number of hydrogen-bond acceptors (Lipinski definition) is 3. The number of rotatable bonds is 13. The maximum Gasteiger partial charge on any atom is 0.335 e. The Kier molecular flexibility index (Phi) is 12.1. The minimum Gasteiger partial charge on any atom is -0.371 e. The predicted molar refractivity (Wildman–Crippen MR) is 98.4 cm³/mol. The van der Waals surface area contributed by atoms with Gasteiger partial charge in [0.2, 0.25) is 7.37 Å². The molecule has 0 aromatic carbocycles. The molecule has 0 radical (unpaired) electrons. The van der Waals surface area contributed by atoms with Crippen LogP contribution in [0.1, 0.15) is 59.3 Å². The molecule has 0 spiro atoms. The first kappa shape index (κ1) is 23.8. The van der Waals surface area contributed by atoms with Gasteiger partial charge in [-0.3, -0.25) is 9.13 Å². The lowest BCUT2D eigenvalue weighted by Crippen LogP contribution is -2.01. The summed E-state index contributed by atoms with van der Waals surface area (Å²) in [5.74, 6) is -1.02. The molecule has 6 nitrogen and oxygen atoms in total. The minimum absolute atomic E-state index is 0.328. The van der Waals surface area contributed by atoms with Gasteiger partial charge in [-0.15, -0.1) is 0 Å². The molecule has 0 bridgehead atoms. The summed E-state index contributed by atoms with van der Waals surface area (Å²) < 4.78 is 27.3. The Balaban J connectivity index is 3.69. The van der Waals surface area contributed by atoms with E-state index in [1.165, 1.54) is 11.1 Å². The summed E-state index contributed by atoms with van der Waals surface area (Å²) in [6, 6.07) is 0. The summed E-state index contributed by atoms with van der Waals surface area (Å²) >= 11 is 0. The SMILES string of the molecule is CC(C)=CCC/C(C)=C/CCCCCOCP(=O)(O)CP(=O)(O)O. The molecule has 1 unspecified atom stereocenters. The molecule has 0 aromatic heterocycles. The van der Waals surface area contributed by atoms with E-state index in [-0.39, 0.29) is 0 Å². The van der Waals surface area contributed by atoms with Crippen molar-refractivity contribution >= 4 is 15.0 Å². The highest BCUT2D eigenvalue weighted by atomic mass is 31.2. The van der Waals surface area contributed by atoms with Crippen LogP contribution in [0, 0.1) is 0 Å². The van der Waals surface area contributed by atoms with Gasteiger partial charge in [0, 0.05) is 6.61 Å². The summed E-state index contributed by atoms with van der Waals surface area (Å²) in [7, 11) is -8.39. The first-order valence-electron chi connectivity index (χ1n) is 8.24. The number of ether oxygens (including phenoxy) is 1. The van der Waals surface area contributed by atoms with Crippen LogP contribution in [-0.4, -0.2) is 33.5 Å². The first-order chi connectivity index (χ1) is 11.0. The molecule has 1 atom stereocenters. The molecule has 0 aliphatic heterocycles. The highest BCUT2D eigenvalue weighted by molar-refractivity contribution is 7.72. The quantitative estimate of drug-likeness (QED) is 0.244. The largest absolute Gasteiger partial charge is 0.371 e. The van der Waals surface area contributed by atoms with Crippen molar-refractivity contribution in [2.45, 2.75) is 59.3 Å². The topological polar surface area (TPSA) is 104 Å². The van der Waals surface area contributed by atoms with Gasteiger partial charge in [-0.25, -0.2) is 0 Å². The third-order valence-electron chi connectivity index (χ3n) is 3.28. The van der Waals surface area contributed by atoms with Crippen LogP contribution in [-0.2, 0) is 13.9 Å². The molecule has 8 heteroatoms. The van der Waals surface area contributed by atoms with E-state index in [0.717, 1.165) is 38.5 Å². The molecule has 0 aliphatic carbocycles. The Morgan fingerprint density at radius 3 is 2.21 bits per heavy atom. The van der Waals surface area contributed by atoms with Crippen LogP contribution in [0.25, 0.3) is 0 Å². The lowest BCUT2D eigenvalue weighted by molar-refractivity contribution is 0.164. The number of hydrogen-bond donors (Lipinski definition) is 3. The van der Waals surface area contributed by atoms with Gasteiger partial charge in [0.1, 0.15) is 12.3 Å². The second kappa shape index (κ2) is 12.2. The smallest absolute Gasteiger partial charge is 0.335 e. The molecule has 0 saturated carbocycles. The van der Waals surface area contributed by atoms with Crippen LogP contribution < -0.4 is 0 Å². The van der Waals surface area contributed by atoms with Crippen LogP contribution >= 0.6 is 15.0 Å². The van der Waals surface area contributed by atoms with Crippen molar-refractivity contribution in [2.24, 2.45) is 0 Å². The Hall–Kier alpha value is -0.220. The molecule has 0 heterocycles. The van der Waals surface area contributed by atoms with Crippen LogP contribution in [0.5, 0.6) is 0 Å². The molecular formula is C16H32O6P2. The fourth-order valence-corrected chi connectivity index (χ4v) is 5.14. The monoisotopic (exact) mass is 382 g/mol. The maximum absolute atomic E-state index is 11.5. The van der Waals surface area contributed by atoms with Gasteiger partial charge < -0.3 is 19.4 Å². The van der Waals surface area contributed by atoms with E-state index >= 15 is 0 Å². The van der Waals surface area contributed by atoms with Gasteiger partial charge in [0.15, 0.2) is 0 Å². The molecule has 0 rings (SSSR count). The third kappa shape index (κ3) is 16.6. The zero-order valence-corrected chi connectivity index (χ0v) is 16.8. The van der Waals surface area contributed by atoms with E-state index in [9.17, 15) is 14.0 Å². The predicted octanol–water partition coefficient (Wildman–Crippen LogP) is 4.62. The van der Waals surface area contributed by atoms with E-state index in [0.29, 0.717) is 6.61 Å². The molecule has 142 valence electrons. The lowest BCUT2D eigenvalue weighted by Gasteiger charge is -2.12. The first-order valence-corrected chi connectivity index (χ1v) is 12.1. The highest BCUT2D eigenvalue weighted by Gasteiger charge is 2.29. The van der Waals surface area contributed by atoms with Crippen molar-refractivity contribution in [1.82, 2.24) is 0 Å². The van der Waals surface area contributed by atoms with Crippen LogP contribution in [0.3, 0.4) is 0 Å². The van der Waals surface area contributed by atoms with Gasteiger partial charge in [-0.05, 0) is 52.9 Å². The second-order valence-electron chi connectivity index (χ2n) is 6.41. The Labute approximate surface area is 145 Å². The molecule has 0 saturated heterocycles.